The van der Waals surface area contributed by atoms with E-state index in [1.165, 1.54) is 25.6 Å². The second-order valence-corrected chi connectivity index (χ2v) is 7.07. The van der Waals surface area contributed by atoms with Crippen molar-refractivity contribution in [1.29, 1.82) is 0 Å². The molecule has 8 nitrogen and oxygen atoms in total. The summed E-state index contributed by atoms with van der Waals surface area (Å²) in [6, 6.07) is 6.31. The van der Waals surface area contributed by atoms with Crippen LogP contribution in [0.25, 0.3) is 11.0 Å². The number of pyridine rings is 1. The number of hydrogen-bond acceptors (Lipinski definition) is 8. The summed E-state index contributed by atoms with van der Waals surface area (Å²) in [7, 11) is 1.41. The van der Waals surface area contributed by atoms with E-state index in [4.69, 9.17) is 13.9 Å². The van der Waals surface area contributed by atoms with Gasteiger partial charge in [0.15, 0.2) is 11.6 Å². The van der Waals surface area contributed by atoms with Gasteiger partial charge in [-0.2, -0.15) is 0 Å². The van der Waals surface area contributed by atoms with Gasteiger partial charge in [-0.05, 0) is 18.2 Å². The van der Waals surface area contributed by atoms with Gasteiger partial charge in [0.05, 0.1) is 37.9 Å². The Kier molecular flexibility index (Phi) is 5.78. The molecule has 0 saturated carbocycles. The number of hydrogen-bond donors (Lipinski definition) is 1. The number of furan rings is 1. The number of phenols is 1. The summed E-state index contributed by atoms with van der Waals surface area (Å²) in [4.78, 5) is 32.9. The SMILES string of the molecule is COc1c(C(=O)C(CN2CCOCC2)C(=O)c2cccnc2)c(O)cc2occc12. The number of nitrogens with zero attached hydrogens (tertiary/aromatic N) is 2. The van der Waals surface area contributed by atoms with Crippen LogP contribution in [-0.4, -0.2) is 66.5 Å². The molecule has 4 rings (SSSR count). The Morgan fingerprint density at radius 1 is 1.27 bits per heavy atom. The van der Waals surface area contributed by atoms with Gasteiger partial charge in [-0.1, -0.05) is 0 Å². The summed E-state index contributed by atoms with van der Waals surface area (Å²) in [5.41, 5.74) is 0.707. The first-order valence-corrected chi connectivity index (χ1v) is 9.66. The fourth-order valence-corrected chi connectivity index (χ4v) is 3.73. The summed E-state index contributed by atoms with van der Waals surface area (Å²) >= 11 is 0. The Balaban J connectivity index is 1.76. The van der Waals surface area contributed by atoms with Gasteiger partial charge in [-0.3, -0.25) is 19.5 Å². The number of Topliss-reactive ketones (excluding diaryl/α,β-unsaturated/α-hetero) is 2. The lowest BCUT2D eigenvalue weighted by molar-refractivity contribution is 0.0297. The number of aromatic hydroxyl groups is 1. The minimum Gasteiger partial charge on any atom is -0.507 e. The van der Waals surface area contributed by atoms with E-state index in [0.29, 0.717) is 42.8 Å². The number of rotatable bonds is 7. The minimum atomic E-state index is -1.03. The first kappa shape index (κ1) is 20.1. The highest BCUT2D eigenvalue weighted by Gasteiger charge is 2.35. The van der Waals surface area contributed by atoms with Crippen molar-refractivity contribution in [2.24, 2.45) is 5.92 Å². The van der Waals surface area contributed by atoms with Crippen LogP contribution in [0.2, 0.25) is 0 Å². The number of carbonyl (C=O) groups excluding carboxylic acids is 2. The van der Waals surface area contributed by atoms with Gasteiger partial charge in [-0.25, -0.2) is 0 Å². The number of fused-ring (bicyclic) bond motifs is 1. The average Bonchev–Trinajstić information content (AvgIpc) is 3.25. The molecule has 0 radical (unpaired) electrons. The average molecular weight is 410 g/mol. The van der Waals surface area contributed by atoms with Crippen LogP contribution >= 0.6 is 0 Å². The lowest BCUT2D eigenvalue weighted by Crippen LogP contribution is -2.43. The maximum absolute atomic E-state index is 13.6. The predicted octanol–water partition coefficient (Wildman–Crippen LogP) is 2.56. The number of aromatic nitrogens is 1. The van der Waals surface area contributed by atoms with Gasteiger partial charge >= 0.3 is 0 Å². The molecule has 1 aliphatic heterocycles. The van der Waals surface area contributed by atoms with Crippen LogP contribution in [0.3, 0.4) is 0 Å². The maximum atomic E-state index is 13.6. The van der Waals surface area contributed by atoms with Crippen molar-refractivity contribution in [3.8, 4) is 11.5 Å². The molecule has 3 aromatic rings. The van der Waals surface area contributed by atoms with Crippen molar-refractivity contribution in [1.82, 2.24) is 9.88 Å². The Hall–Kier alpha value is -3.23. The molecule has 1 aromatic carbocycles. The molecular formula is C22H22N2O6. The lowest BCUT2D eigenvalue weighted by Gasteiger charge is -2.29. The number of benzene rings is 1. The zero-order chi connectivity index (χ0) is 21.1. The first-order chi connectivity index (χ1) is 14.6. The van der Waals surface area contributed by atoms with Crippen molar-refractivity contribution in [3.05, 3.63) is 54.0 Å². The quantitative estimate of drug-likeness (QED) is 0.468. The largest absolute Gasteiger partial charge is 0.507 e. The van der Waals surface area contributed by atoms with Gasteiger partial charge in [0, 0.05) is 43.7 Å². The van der Waals surface area contributed by atoms with E-state index in [1.54, 1.807) is 24.4 Å². The molecule has 1 fully saturated rings. The molecule has 1 saturated heterocycles. The van der Waals surface area contributed by atoms with Gasteiger partial charge in [0.25, 0.3) is 0 Å². The normalized spacial score (nSPS) is 15.8. The van der Waals surface area contributed by atoms with Crippen molar-refractivity contribution in [3.63, 3.8) is 0 Å². The summed E-state index contributed by atoms with van der Waals surface area (Å²) in [5, 5.41) is 11.2. The van der Waals surface area contributed by atoms with Crippen LogP contribution < -0.4 is 4.74 Å². The zero-order valence-electron chi connectivity index (χ0n) is 16.5. The van der Waals surface area contributed by atoms with Crippen LogP contribution in [0, 0.1) is 5.92 Å². The lowest BCUT2D eigenvalue weighted by atomic mass is 9.88. The monoisotopic (exact) mass is 410 g/mol. The fraction of sp³-hybridized carbons (Fsp3) is 0.318. The van der Waals surface area contributed by atoms with E-state index < -0.39 is 11.7 Å². The molecule has 8 heteroatoms. The second-order valence-electron chi connectivity index (χ2n) is 7.07. The molecule has 0 bridgehead atoms. The number of carbonyl (C=O) groups is 2. The van der Waals surface area contributed by atoms with Crippen molar-refractivity contribution < 1.29 is 28.6 Å². The smallest absolute Gasteiger partial charge is 0.182 e. The number of ketones is 2. The Morgan fingerprint density at radius 2 is 2.07 bits per heavy atom. The fourth-order valence-electron chi connectivity index (χ4n) is 3.73. The summed E-state index contributed by atoms with van der Waals surface area (Å²) in [6.07, 6.45) is 4.46. The molecule has 1 N–H and O–H groups in total. The maximum Gasteiger partial charge on any atom is 0.182 e. The van der Waals surface area contributed by atoms with E-state index in [-0.39, 0.29) is 29.4 Å². The van der Waals surface area contributed by atoms with E-state index in [0.717, 1.165) is 0 Å². The highest BCUT2D eigenvalue weighted by Crippen LogP contribution is 2.38. The van der Waals surface area contributed by atoms with Gasteiger partial charge < -0.3 is 19.0 Å². The highest BCUT2D eigenvalue weighted by atomic mass is 16.5. The Labute approximate surface area is 173 Å². The number of morpholine rings is 1. The third-order valence-electron chi connectivity index (χ3n) is 5.26. The predicted molar refractivity (Wildman–Crippen MR) is 108 cm³/mol. The van der Waals surface area contributed by atoms with E-state index in [1.807, 2.05) is 4.90 Å². The van der Waals surface area contributed by atoms with Crippen molar-refractivity contribution in [2.45, 2.75) is 0 Å². The number of ether oxygens (including phenoxy) is 2. The van der Waals surface area contributed by atoms with Crippen LogP contribution in [0.5, 0.6) is 11.5 Å². The van der Waals surface area contributed by atoms with E-state index in [2.05, 4.69) is 4.98 Å². The number of methoxy groups -OCH3 is 1. The third kappa shape index (κ3) is 3.79. The molecule has 2 aromatic heterocycles. The first-order valence-electron chi connectivity index (χ1n) is 9.66. The molecule has 30 heavy (non-hydrogen) atoms. The standard InChI is InChI=1S/C22H22N2O6/c1-28-22-15-4-8-30-18(15)11-17(25)19(22)21(27)16(13-24-6-9-29-10-7-24)20(26)14-3-2-5-23-12-14/h2-5,8,11-12,16,25H,6-7,9-10,13H2,1H3. The van der Waals surface area contributed by atoms with Gasteiger partial charge in [0.2, 0.25) is 0 Å². The van der Waals surface area contributed by atoms with Gasteiger partial charge in [0.1, 0.15) is 22.6 Å². The molecule has 1 unspecified atom stereocenters. The van der Waals surface area contributed by atoms with Crippen LogP contribution in [0.4, 0.5) is 0 Å². The molecular weight excluding hydrogens is 388 g/mol. The molecule has 3 heterocycles. The summed E-state index contributed by atoms with van der Waals surface area (Å²) in [6.45, 7) is 2.53. The number of phenolic OH excluding ortho intramolecular Hbond substituents is 1. The summed E-state index contributed by atoms with van der Waals surface area (Å²) < 4.78 is 16.1. The Morgan fingerprint density at radius 3 is 2.77 bits per heavy atom. The topological polar surface area (TPSA) is 102 Å². The molecule has 156 valence electrons. The molecule has 0 spiro atoms. The minimum absolute atomic E-state index is 0.0260. The van der Waals surface area contributed by atoms with Crippen LogP contribution in [-0.2, 0) is 4.74 Å². The van der Waals surface area contributed by atoms with E-state index >= 15 is 0 Å². The van der Waals surface area contributed by atoms with Crippen LogP contribution in [0.15, 0.2) is 47.3 Å². The van der Waals surface area contributed by atoms with Crippen molar-refractivity contribution in [2.75, 3.05) is 40.0 Å². The van der Waals surface area contributed by atoms with Gasteiger partial charge in [-0.15, -0.1) is 0 Å². The molecule has 1 atom stereocenters. The van der Waals surface area contributed by atoms with Crippen molar-refractivity contribution >= 4 is 22.5 Å². The highest BCUT2D eigenvalue weighted by molar-refractivity contribution is 6.19. The molecule has 0 aliphatic carbocycles. The third-order valence-corrected chi connectivity index (χ3v) is 5.26. The van der Waals surface area contributed by atoms with Crippen LogP contribution in [0.1, 0.15) is 20.7 Å². The molecule has 1 aliphatic rings. The zero-order valence-corrected chi connectivity index (χ0v) is 16.5. The van der Waals surface area contributed by atoms with E-state index in [9.17, 15) is 14.7 Å². The Bertz CT molecular complexity index is 1060. The molecule has 0 amide bonds. The second kappa shape index (κ2) is 8.64. The summed E-state index contributed by atoms with van der Waals surface area (Å²) in [5.74, 6) is -1.99.